The van der Waals surface area contributed by atoms with Crippen LogP contribution >= 0.6 is 0 Å². The molecule has 0 bridgehead atoms. The molecule has 27 heavy (non-hydrogen) atoms. The lowest BCUT2D eigenvalue weighted by atomic mass is 10.1. The molecule has 2 amide bonds. The molecule has 0 atom stereocenters. The largest absolute Gasteiger partial charge is 0.378 e. The zero-order valence-electron chi connectivity index (χ0n) is 15.3. The summed E-state index contributed by atoms with van der Waals surface area (Å²) in [7, 11) is 0. The Bertz CT molecular complexity index is 825. The number of carbonyl (C=O) groups excluding carboxylic acids is 2. The number of carbonyl (C=O) groups is 2. The fourth-order valence-electron chi connectivity index (χ4n) is 3.66. The van der Waals surface area contributed by atoms with E-state index in [2.05, 4.69) is 10.3 Å². The second kappa shape index (κ2) is 7.92. The maximum atomic E-state index is 12.9. The number of morpholine rings is 1. The summed E-state index contributed by atoms with van der Waals surface area (Å²) in [6.07, 6.45) is 2.78. The fourth-order valence-corrected chi connectivity index (χ4v) is 3.66. The standard InChI is InChI=1S/C20H24N4O3/c25-19(21-14-15-6-2-1-3-7-15)17-16-8-4-5-9-24(16)18(22-17)20(26)23-10-12-27-13-11-23/h1-3,6-7H,4-5,8-14H2,(H,21,25). The van der Waals surface area contributed by atoms with Gasteiger partial charge in [0.25, 0.3) is 11.8 Å². The Morgan fingerprint density at radius 1 is 1.07 bits per heavy atom. The first-order valence-electron chi connectivity index (χ1n) is 9.52. The zero-order chi connectivity index (χ0) is 18.6. The topological polar surface area (TPSA) is 76.5 Å². The molecule has 0 saturated carbocycles. The maximum Gasteiger partial charge on any atom is 0.290 e. The Labute approximate surface area is 158 Å². The normalized spacial score (nSPS) is 16.7. The number of hydrogen-bond acceptors (Lipinski definition) is 4. The lowest BCUT2D eigenvalue weighted by Crippen LogP contribution is -2.42. The highest BCUT2D eigenvalue weighted by Crippen LogP contribution is 2.22. The molecule has 7 nitrogen and oxygen atoms in total. The summed E-state index contributed by atoms with van der Waals surface area (Å²) < 4.78 is 7.27. The van der Waals surface area contributed by atoms with E-state index in [1.165, 1.54) is 0 Å². The van der Waals surface area contributed by atoms with Crippen LogP contribution in [-0.4, -0.2) is 52.6 Å². The average Bonchev–Trinajstić information content (AvgIpc) is 3.13. The Morgan fingerprint density at radius 3 is 2.63 bits per heavy atom. The Balaban J connectivity index is 1.56. The molecule has 1 aromatic heterocycles. The van der Waals surface area contributed by atoms with Gasteiger partial charge in [0.15, 0.2) is 5.82 Å². The Kier molecular flexibility index (Phi) is 5.20. The van der Waals surface area contributed by atoms with Crippen molar-refractivity contribution in [3.05, 3.63) is 53.1 Å². The van der Waals surface area contributed by atoms with Gasteiger partial charge in [0, 0.05) is 26.2 Å². The molecule has 1 N–H and O–H groups in total. The monoisotopic (exact) mass is 368 g/mol. The minimum absolute atomic E-state index is 0.108. The Hall–Kier alpha value is -2.67. The predicted molar refractivity (Wildman–Crippen MR) is 99.5 cm³/mol. The quantitative estimate of drug-likeness (QED) is 0.890. The van der Waals surface area contributed by atoms with Crippen molar-refractivity contribution in [3.63, 3.8) is 0 Å². The van der Waals surface area contributed by atoms with E-state index in [0.29, 0.717) is 44.4 Å². The molecule has 2 aliphatic heterocycles. The first kappa shape index (κ1) is 17.7. The van der Waals surface area contributed by atoms with E-state index in [1.807, 2.05) is 34.9 Å². The van der Waals surface area contributed by atoms with Crippen molar-refractivity contribution >= 4 is 11.8 Å². The van der Waals surface area contributed by atoms with E-state index in [9.17, 15) is 9.59 Å². The van der Waals surface area contributed by atoms with Crippen LogP contribution in [0.3, 0.4) is 0 Å². The van der Waals surface area contributed by atoms with Crippen molar-refractivity contribution in [2.75, 3.05) is 26.3 Å². The third-order valence-electron chi connectivity index (χ3n) is 5.12. The van der Waals surface area contributed by atoms with E-state index in [-0.39, 0.29) is 11.8 Å². The van der Waals surface area contributed by atoms with Gasteiger partial charge in [-0.1, -0.05) is 30.3 Å². The smallest absolute Gasteiger partial charge is 0.290 e. The summed E-state index contributed by atoms with van der Waals surface area (Å²) >= 11 is 0. The lowest BCUT2D eigenvalue weighted by Gasteiger charge is -2.27. The molecule has 7 heteroatoms. The van der Waals surface area contributed by atoms with Crippen LogP contribution in [-0.2, 0) is 24.2 Å². The van der Waals surface area contributed by atoms with Crippen molar-refractivity contribution in [1.29, 1.82) is 0 Å². The summed E-state index contributed by atoms with van der Waals surface area (Å²) in [6.45, 7) is 3.40. The van der Waals surface area contributed by atoms with Gasteiger partial charge in [-0.15, -0.1) is 0 Å². The van der Waals surface area contributed by atoms with Crippen LogP contribution in [0.2, 0.25) is 0 Å². The summed E-state index contributed by atoms with van der Waals surface area (Å²) in [6, 6.07) is 9.77. The van der Waals surface area contributed by atoms with E-state index in [4.69, 9.17) is 4.74 Å². The van der Waals surface area contributed by atoms with Crippen molar-refractivity contribution in [3.8, 4) is 0 Å². The van der Waals surface area contributed by atoms with Crippen molar-refractivity contribution in [2.45, 2.75) is 32.4 Å². The van der Waals surface area contributed by atoms with Crippen molar-refractivity contribution < 1.29 is 14.3 Å². The van der Waals surface area contributed by atoms with Crippen LogP contribution in [0.5, 0.6) is 0 Å². The number of nitrogens with zero attached hydrogens (tertiary/aromatic N) is 3. The number of fused-ring (bicyclic) bond motifs is 1. The molecule has 2 aliphatic rings. The third-order valence-corrected chi connectivity index (χ3v) is 5.12. The van der Waals surface area contributed by atoms with E-state index < -0.39 is 0 Å². The molecule has 0 spiro atoms. The van der Waals surface area contributed by atoms with Gasteiger partial charge in [0.1, 0.15) is 5.69 Å². The van der Waals surface area contributed by atoms with Crippen LogP contribution in [0.1, 0.15) is 45.2 Å². The molecule has 3 heterocycles. The van der Waals surface area contributed by atoms with Crippen LogP contribution < -0.4 is 5.32 Å². The van der Waals surface area contributed by atoms with Gasteiger partial charge in [0.2, 0.25) is 0 Å². The van der Waals surface area contributed by atoms with Gasteiger partial charge >= 0.3 is 0 Å². The summed E-state index contributed by atoms with van der Waals surface area (Å²) in [5.41, 5.74) is 2.30. The van der Waals surface area contributed by atoms with Crippen molar-refractivity contribution in [1.82, 2.24) is 19.8 Å². The van der Waals surface area contributed by atoms with Gasteiger partial charge in [0.05, 0.1) is 18.9 Å². The Morgan fingerprint density at radius 2 is 1.85 bits per heavy atom. The van der Waals surface area contributed by atoms with Crippen LogP contribution in [0, 0.1) is 0 Å². The molecule has 1 fully saturated rings. The second-order valence-electron chi connectivity index (χ2n) is 6.91. The average molecular weight is 368 g/mol. The van der Waals surface area contributed by atoms with Crippen LogP contribution in [0.25, 0.3) is 0 Å². The van der Waals surface area contributed by atoms with E-state index in [1.54, 1.807) is 4.90 Å². The van der Waals surface area contributed by atoms with Gasteiger partial charge in [-0.3, -0.25) is 9.59 Å². The van der Waals surface area contributed by atoms with Gasteiger partial charge < -0.3 is 19.5 Å². The number of aromatic nitrogens is 2. The predicted octanol–water partition coefficient (Wildman–Crippen LogP) is 1.62. The molecular formula is C20H24N4O3. The molecular weight excluding hydrogens is 344 g/mol. The SMILES string of the molecule is O=C(NCc1ccccc1)c1nc(C(=O)N2CCOCC2)n2c1CCCC2. The first-order valence-corrected chi connectivity index (χ1v) is 9.52. The molecule has 142 valence electrons. The number of amides is 2. The summed E-state index contributed by atoms with van der Waals surface area (Å²) in [5, 5.41) is 2.94. The van der Waals surface area contributed by atoms with E-state index in [0.717, 1.165) is 37.1 Å². The van der Waals surface area contributed by atoms with Gasteiger partial charge in [-0.25, -0.2) is 4.98 Å². The maximum absolute atomic E-state index is 12.9. The molecule has 1 aromatic carbocycles. The fraction of sp³-hybridized carbons (Fsp3) is 0.450. The van der Waals surface area contributed by atoms with Crippen LogP contribution in [0.15, 0.2) is 30.3 Å². The molecule has 0 aliphatic carbocycles. The minimum Gasteiger partial charge on any atom is -0.378 e. The second-order valence-corrected chi connectivity index (χ2v) is 6.91. The van der Waals surface area contributed by atoms with Gasteiger partial charge in [-0.2, -0.15) is 0 Å². The number of nitrogens with one attached hydrogen (secondary N) is 1. The lowest BCUT2D eigenvalue weighted by molar-refractivity contribution is 0.0291. The zero-order valence-corrected chi connectivity index (χ0v) is 15.3. The van der Waals surface area contributed by atoms with Crippen LogP contribution in [0.4, 0.5) is 0 Å². The number of hydrogen-bond donors (Lipinski definition) is 1. The van der Waals surface area contributed by atoms with E-state index >= 15 is 0 Å². The van der Waals surface area contributed by atoms with Crippen molar-refractivity contribution in [2.24, 2.45) is 0 Å². The molecule has 0 radical (unpaired) electrons. The third kappa shape index (κ3) is 3.73. The number of rotatable bonds is 4. The molecule has 2 aromatic rings. The summed E-state index contributed by atoms with van der Waals surface area (Å²) in [4.78, 5) is 32.0. The minimum atomic E-state index is -0.217. The highest BCUT2D eigenvalue weighted by Gasteiger charge is 2.30. The molecule has 0 unspecified atom stereocenters. The number of imidazole rings is 1. The highest BCUT2D eigenvalue weighted by molar-refractivity contribution is 5.97. The van der Waals surface area contributed by atoms with Gasteiger partial charge in [-0.05, 0) is 24.8 Å². The first-order chi connectivity index (χ1) is 13.2. The highest BCUT2D eigenvalue weighted by atomic mass is 16.5. The summed E-state index contributed by atoms with van der Waals surface area (Å²) in [5.74, 6) is 0.0607. The number of ether oxygens (including phenoxy) is 1. The molecule has 4 rings (SSSR count). The number of benzene rings is 1. The molecule has 1 saturated heterocycles.